The molecule has 0 aliphatic carbocycles. The Kier molecular flexibility index (Phi) is 6.88. The summed E-state index contributed by atoms with van der Waals surface area (Å²) < 4.78 is 15.4. The summed E-state index contributed by atoms with van der Waals surface area (Å²) in [5.74, 6) is -0.977. The number of carbonyl (C=O) groups excluding carboxylic acids is 2. The van der Waals surface area contributed by atoms with Crippen LogP contribution in [0.5, 0.6) is 11.5 Å². The van der Waals surface area contributed by atoms with Gasteiger partial charge in [0.15, 0.2) is 16.6 Å². The van der Waals surface area contributed by atoms with E-state index in [1.54, 1.807) is 20.8 Å². The molecule has 0 unspecified atom stereocenters. The molecule has 0 saturated carbocycles. The molecule has 0 atom stereocenters. The van der Waals surface area contributed by atoms with Crippen molar-refractivity contribution in [2.45, 2.75) is 20.8 Å². The Morgan fingerprint density at radius 1 is 1.25 bits per heavy atom. The molecule has 2 rings (SSSR count). The number of aryl methyl sites for hydroxylation is 1. The van der Waals surface area contributed by atoms with E-state index >= 15 is 0 Å². The number of rotatable bonds is 8. The van der Waals surface area contributed by atoms with Gasteiger partial charge in [-0.15, -0.1) is 0 Å². The van der Waals surface area contributed by atoms with Crippen molar-refractivity contribution in [2.24, 2.45) is 0 Å². The number of benzene rings is 1. The van der Waals surface area contributed by atoms with Crippen LogP contribution < -0.4 is 14.8 Å². The van der Waals surface area contributed by atoms with E-state index in [0.717, 1.165) is 17.4 Å². The second-order valence-electron chi connectivity index (χ2n) is 5.32. The van der Waals surface area contributed by atoms with Crippen molar-refractivity contribution in [2.75, 3.05) is 25.6 Å². The number of hydrogen-bond donors (Lipinski definition) is 1. The van der Waals surface area contributed by atoms with E-state index in [1.807, 2.05) is 0 Å². The van der Waals surface area contributed by atoms with Crippen molar-refractivity contribution in [3.63, 3.8) is 0 Å². The lowest BCUT2D eigenvalue weighted by Crippen LogP contribution is -2.14. The van der Waals surface area contributed by atoms with Crippen molar-refractivity contribution >= 4 is 34.0 Å². The number of nitrogens with zero attached hydrogens (tertiary/aromatic N) is 2. The lowest BCUT2D eigenvalue weighted by atomic mass is 10.1. The average molecular weight is 409 g/mol. The normalized spacial score (nSPS) is 10.3. The van der Waals surface area contributed by atoms with Crippen molar-refractivity contribution in [1.82, 2.24) is 4.98 Å². The van der Waals surface area contributed by atoms with Crippen LogP contribution in [0.1, 0.15) is 39.6 Å². The van der Waals surface area contributed by atoms with Crippen LogP contribution in [0.15, 0.2) is 12.1 Å². The third kappa shape index (κ3) is 4.55. The number of ether oxygens (including phenoxy) is 3. The maximum absolute atomic E-state index is 12.7. The van der Waals surface area contributed by atoms with Crippen molar-refractivity contribution in [3.8, 4) is 11.5 Å². The highest BCUT2D eigenvalue weighted by Crippen LogP contribution is 2.35. The molecular formula is C17H19N3O7S. The Balaban J connectivity index is 2.38. The number of anilines is 1. The Morgan fingerprint density at radius 2 is 1.96 bits per heavy atom. The van der Waals surface area contributed by atoms with Gasteiger partial charge in [-0.3, -0.25) is 20.2 Å². The summed E-state index contributed by atoms with van der Waals surface area (Å²) in [6, 6.07) is 2.36. The van der Waals surface area contributed by atoms with Gasteiger partial charge in [-0.05, 0) is 20.8 Å². The lowest BCUT2D eigenvalue weighted by Gasteiger charge is -2.11. The minimum atomic E-state index is -0.764. The van der Waals surface area contributed by atoms with Gasteiger partial charge in [0.2, 0.25) is 0 Å². The summed E-state index contributed by atoms with van der Waals surface area (Å²) in [4.78, 5) is 39.6. The number of amides is 1. The van der Waals surface area contributed by atoms with Crippen LogP contribution in [-0.2, 0) is 4.74 Å². The first-order chi connectivity index (χ1) is 13.3. The fourth-order valence-corrected chi connectivity index (χ4v) is 3.17. The van der Waals surface area contributed by atoms with Gasteiger partial charge in [-0.25, -0.2) is 9.78 Å². The van der Waals surface area contributed by atoms with Gasteiger partial charge in [-0.1, -0.05) is 11.3 Å². The van der Waals surface area contributed by atoms with Gasteiger partial charge in [-0.2, -0.15) is 0 Å². The van der Waals surface area contributed by atoms with Crippen molar-refractivity contribution in [1.29, 1.82) is 0 Å². The molecule has 1 aromatic carbocycles. The Bertz CT molecular complexity index is 910. The van der Waals surface area contributed by atoms with Gasteiger partial charge in [0.05, 0.1) is 37.0 Å². The van der Waals surface area contributed by atoms with Gasteiger partial charge in [0.25, 0.3) is 11.6 Å². The molecule has 1 N–H and O–H groups in total. The molecule has 150 valence electrons. The maximum atomic E-state index is 12.7. The van der Waals surface area contributed by atoms with E-state index in [0.29, 0.717) is 5.69 Å². The number of nitro groups is 1. The minimum Gasteiger partial charge on any atom is -0.493 e. The van der Waals surface area contributed by atoms with Crippen LogP contribution >= 0.6 is 11.3 Å². The number of carbonyl (C=O) groups is 2. The number of thiazole rings is 1. The molecular weight excluding hydrogens is 390 g/mol. The molecule has 10 nitrogen and oxygen atoms in total. The number of esters is 1. The molecule has 0 spiro atoms. The van der Waals surface area contributed by atoms with E-state index in [-0.39, 0.29) is 40.3 Å². The van der Waals surface area contributed by atoms with Gasteiger partial charge >= 0.3 is 5.97 Å². The summed E-state index contributed by atoms with van der Waals surface area (Å²) in [7, 11) is 1.34. The van der Waals surface area contributed by atoms with Crippen LogP contribution in [0.3, 0.4) is 0 Å². The SMILES string of the molecule is CCOC(=O)c1sc(NC(=O)c2cc(OCC)c(OC)cc2[N+](=O)[O-])nc1C. The van der Waals surface area contributed by atoms with E-state index in [4.69, 9.17) is 14.2 Å². The number of aromatic nitrogens is 1. The first kappa shape index (κ1) is 21.1. The number of methoxy groups -OCH3 is 1. The van der Waals surface area contributed by atoms with Crippen LogP contribution in [-0.4, -0.2) is 42.1 Å². The summed E-state index contributed by atoms with van der Waals surface area (Å²) in [6.45, 7) is 5.49. The van der Waals surface area contributed by atoms with E-state index < -0.39 is 22.5 Å². The molecule has 0 aliphatic heterocycles. The molecule has 1 heterocycles. The molecule has 2 aromatic rings. The number of nitro benzene ring substituents is 1. The van der Waals surface area contributed by atoms with Crippen molar-refractivity contribution in [3.05, 3.63) is 38.4 Å². The zero-order valence-electron chi connectivity index (χ0n) is 15.7. The highest BCUT2D eigenvalue weighted by Gasteiger charge is 2.26. The Hall–Kier alpha value is -3.21. The molecule has 28 heavy (non-hydrogen) atoms. The lowest BCUT2D eigenvalue weighted by molar-refractivity contribution is -0.385. The Morgan fingerprint density at radius 3 is 2.54 bits per heavy atom. The minimum absolute atomic E-state index is 0.119. The third-order valence-electron chi connectivity index (χ3n) is 3.50. The largest absolute Gasteiger partial charge is 0.493 e. The summed E-state index contributed by atoms with van der Waals surface area (Å²) in [5, 5.41) is 14.0. The first-order valence-electron chi connectivity index (χ1n) is 8.27. The zero-order valence-corrected chi connectivity index (χ0v) is 16.5. The van der Waals surface area contributed by atoms with Crippen LogP contribution in [0.25, 0.3) is 0 Å². The summed E-state index contributed by atoms with van der Waals surface area (Å²) >= 11 is 0.924. The molecule has 11 heteroatoms. The van der Waals surface area contributed by atoms with Gasteiger partial charge < -0.3 is 14.2 Å². The number of nitrogens with one attached hydrogen (secondary N) is 1. The molecule has 0 bridgehead atoms. The van der Waals surface area contributed by atoms with Crippen LogP contribution in [0, 0.1) is 17.0 Å². The molecule has 0 saturated heterocycles. The quantitative estimate of drug-likeness (QED) is 0.400. The monoisotopic (exact) mass is 409 g/mol. The highest BCUT2D eigenvalue weighted by atomic mass is 32.1. The van der Waals surface area contributed by atoms with Crippen LogP contribution in [0.2, 0.25) is 0 Å². The highest BCUT2D eigenvalue weighted by molar-refractivity contribution is 7.17. The number of hydrogen-bond acceptors (Lipinski definition) is 9. The van der Waals surface area contributed by atoms with Crippen LogP contribution in [0.4, 0.5) is 10.8 Å². The second-order valence-corrected chi connectivity index (χ2v) is 6.32. The molecule has 0 aliphatic rings. The second kappa shape index (κ2) is 9.13. The topological polar surface area (TPSA) is 130 Å². The van der Waals surface area contributed by atoms with E-state index in [2.05, 4.69) is 10.3 Å². The molecule has 1 aromatic heterocycles. The van der Waals surface area contributed by atoms with Gasteiger partial charge in [0, 0.05) is 6.07 Å². The van der Waals surface area contributed by atoms with E-state index in [9.17, 15) is 19.7 Å². The molecule has 1 amide bonds. The fraction of sp³-hybridized carbons (Fsp3) is 0.353. The summed E-state index contributed by atoms with van der Waals surface area (Å²) in [6.07, 6.45) is 0. The third-order valence-corrected chi connectivity index (χ3v) is 4.55. The Labute approximate surface area is 164 Å². The zero-order chi connectivity index (χ0) is 20.8. The fourth-order valence-electron chi connectivity index (χ4n) is 2.31. The maximum Gasteiger partial charge on any atom is 0.350 e. The average Bonchev–Trinajstić information content (AvgIpc) is 3.01. The predicted molar refractivity (Wildman–Crippen MR) is 102 cm³/mol. The van der Waals surface area contributed by atoms with E-state index in [1.165, 1.54) is 13.2 Å². The van der Waals surface area contributed by atoms with Gasteiger partial charge in [0.1, 0.15) is 10.4 Å². The molecule has 0 fully saturated rings. The first-order valence-corrected chi connectivity index (χ1v) is 9.09. The smallest absolute Gasteiger partial charge is 0.350 e. The van der Waals surface area contributed by atoms with Crippen molar-refractivity contribution < 1.29 is 28.7 Å². The standard InChI is InChI=1S/C17H19N3O7S/c1-5-26-13-7-10(11(20(23)24)8-12(13)25-4)15(21)19-17-18-9(3)14(28-17)16(22)27-6-2/h7-8H,5-6H2,1-4H3,(H,18,19,21). The summed E-state index contributed by atoms with van der Waals surface area (Å²) in [5.41, 5.74) is -0.283. The molecule has 0 radical (unpaired) electrons. The predicted octanol–water partition coefficient (Wildman–Crippen LogP) is 3.20.